The largest absolute Gasteiger partial charge is 0.493 e. The van der Waals surface area contributed by atoms with Gasteiger partial charge in [-0.2, -0.15) is 0 Å². The SMILES string of the molecule is COc1cc(C(=O)N(C)C(C)(C)C(=O)O)ccc1OCC(N)=O. The number of likely N-dealkylation sites (N-methyl/N-ethyl adjacent to an activating group) is 1. The number of methoxy groups -OCH3 is 1. The highest BCUT2D eigenvalue weighted by molar-refractivity contribution is 5.98. The lowest BCUT2D eigenvalue weighted by Gasteiger charge is -2.31. The number of nitrogens with zero attached hydrogens (tertiary/aromatic N) is 1. The van der Waals surface area contributed by atoms with Gasteiger partial charge >= 0.3 is 5.97 Å². The van der Waals surface area contributed by atoms with E-state index in [1.165, 1.54) is 46.2 Å². The van der Waals surface area contributed by atoms with Crippen LogP contribution in [0.25, 0.3) is 0 Å². The quantitative estimate of drug-likeness (QED) is 0.753. The summed E-state index contributed by atoms with van der Waals surface area (Å²) >= 11 is 0. The van der Waals surface area contributed by atoms with Crippen LogP contribution in [0.5, 0.6) is 11.5 Å². The number of carbonyl (C=O) groups is 3. The van der Waals surface area contributed by atoms with Gasteiger partial charge in [0.05, 0.1) is 7.11 Å². The summed E-state index contributed by atoms with van der Waals surface area (Å²) in [6.07, 6.45) is 0. The molecular formula is C15H20N2O6. The van der Waals surface area contributed by atoms with Gasteiger partial charge in [0.1, 0.15) is 5.54 Å². The minimum absolute atomic E-state index is 0.227. The monoisotopic (exact) mass is 324 g/mol. The molecule has 0 saturated carbocycles. The van der Waals surface area contributed by atoms with Gasteiger partial charge in [0, 0.05) is 12.6 Å². The molecule has 1 rings (SSSR count). The molecule has 8 nitrogen and oxygen atoms in total. The molecule has 0 atom stereocenters. The number of ether oxygens (including phenoxy) is 2. The molecular weight excluding hydrogens is 304 g/mol. The highest BCUT2D eigenvalue weighted by Gasteiger charge is 2.35. The number of amides is 2. The molecule has 23 heavy (non-hydrogen) atoms. The summed E-state index contributed by atoms with van der Waals surface area (Å²) in [6, 6.07) is 4.32. The van der Waals surface area contributed by atoms with Crippen molar-refractivity contribution >= 4 is 17.8 Å². The van der Waals surface area contributed by atoms with Crippen molar-refractivity contribution in [3.05, 3.63) is 23.8 Å². The van der Waals surface area contributed by atoms with Crippen molar-refractivity contribution in [2.24, 2.45) is 5.73 Å². The molecule has 3 N–H and O–H groups in total. The summed E-state index contributed by atoms with van der Waals surface area (Å²) in [7, 11) is 2.78. The molecule has 0 bridgehead atoms. The molecule has 0 aliphatic rings. The zero-order chi connectivity index (χ0) is 17.8. The number of hydrogen-bond donors (Lipinski definition) is 2. The minimum Gasteiger partial charge on any atom is -0.493 e. The molecule has 0 fully saturated rings. The first kappa shape index (κ1) is 18.3. The second-order valence-corrected chi connectivity index (χ2v) is 5.35. The van der Waals surface area contributed by atoms with Gasteiger partial charge in [0.15, 0.2) is 18.1 Å². The predicted octanol–water partition coefficient (Wildman–Crippen LogP) is 0.494. The summed E-state index contributed by atoms with van der Waals surface area (Å²) in [5.74, 6) is -1.77. The molecule has 1 aromatic rings. The van der Waals surface area contributed by atoms with E-state index in [0.29, 0.717) is 0 Å². The van der Waals surface area contributed by atoms with Crippen molar-refractivity contribution in [1.82, 2.24) is 4.90 Å². The van der Waals surface area contributed by atoms with Crippen LogP contribution in [-0.4, -0.2) is 54.1 Å². The van der Waals surface area contributed by atoms with Crippen LogP contribution in [-0.2, 0) is 9.59 Å². The topological polar surface area (TPSA) is 119 Å². The number of rotatable bonds is 7. The van der Waals surface area contributed by atoms with E-state index >= 15 is 0 Å². The minimum atomic E-state index is -1.37. The zero-order valence-corrected chi connectivity index (χ0v) is 13.5. The number of carboxylic acids is 1. The number of hydrogen-bond acceptors (Lipinski definition) is 5. The Bertz CT molecular complexity index is 626. The Hall–Kier alpha value is -2.77. The highest BCUT2D eigenvalue weighted by atomic mass is 16.5. The van der Waals surface area contributed by atoms with Gasteiger partial charge in [-0.15, -0.1) is 0 Å². The standard InChI is InChI=1S/C15H20N2O6/c1-15(2,14(20)21)17(3)13(19)9-5-6-10(11(7-9)22-4)23-8-12(16)18/h5-7H,8H2,1-4H3,(H2,16,18)(H,20,21). The molecule has 0 radical (unpaired) electrons. The average molecular weight is 324 g/mol. The fraction of sp³-hybridized carbons (Fsp3) is 0.400. The van der Waals surface area contributed by atoms with E-state index in [9.17, 15) is 19.5 Å². The maximum absolute atomic E-state index is 12.4. The predicted molar refractivity (Wildman–Crippen MR) is 81.5 cm³/mol. The van der Waals surface area contributed by atoms with Crippen molar-refractivity contribution in [3.63, 3.8) is 0 Å². The summed E-state index contributed by atoms with van der Waals surface area (Å²) in [5.41, 5.74) is 3.86. The molecule has 126 valence electrons. The van der Waals surface area contributed by atoms with E-state index in [1.54, 1.807) is 0 Å². The van der Waals surface area contributed by atoms with E-state index in [2.05, 4.69) is 0 Å². The lowest BCUT2D eigenvalue weighted by Crippen LogP contribution is -2.50. The molecule has 0 aromatic heterocycles. The van der Waals surface area contributed by atoms with Gasteiger partial charge in [-0.05, 0) is 32.0 Å². The lowest BCUT2D eigenvalue weighted by molar-refractivity contribution is -0.147. The van der Waals surface area contributed by atoms with Gasteiger partial charge in [-0.1, -0.05) is 0 Å². The van der Waals surface area contributed by atoms with E-state index in [1.807, 2.05) is 0 Å². The second kappa shape index (κ2) is 6.99. The Kier molecular flexibility index (Phi) is 5.56. The Morgan fingerprint density at radius 3 is 2.35 bits per heavy atom. The van der Waals surface area contributed by atoms with E-state index in [0.717, 1.165) is 4.90 Å². The van der Waals surface area contributed by atoms with Crippen molar-refractivity contribution < 1.29 is 29.0 Å². The second-order valence-electron chi connectivity index (χ2n) is 5.35. The summed E-state index contributed by atoms with van der Waals surface area (Å²) < 4.78 is 10.3. The number of carbonyl (C=O) groups excluding carboxylic acids is 2. The number of primary amides is 1. The molecule has 0 saturated heterocycles. The zero-order valence-electron chi connectivity index (χ0n) is 13.5. The van der Waals surface area contributed by atoms with Crippen molar-refractivity contribution in [2.45, 2.75) is 19.4 Å². The Balaban J connectivity index is 3.07. The van der Waals surface area contributed by atoms with Crippen LogP contribution in [0.4, 0.5) is 0 Å². The first-order valence-electron chi connectivity index (χ1n) is 6.72. The molecule has 2 amide bonds. The molecule has 0 aliphatic heterocycles. The van der Waals surface area contributed by atoms with Crippen LogP contribution in [0.2, 0.25) is 0 Å². The van der Waals surface area contributed by atoms with Gasteiger partial charge < -0.3 is 25.2 Å². The third-order valence-electron chi connectivity index (χ3n) is 3.45. The maximum atomic E-state index is 12.4. The number of carboxylic acid groups (broad SMARTS) is 1. The highest BCUT2D eigenvalue weighted by Crippen LogP contribution is 2.29. The molecule has 0 aliphatic carbocycles. The van der Waals surface area contributed by atoms with Crippen LogP contribution < -0.4 is 15.2 Å². The van der Waals surface area contributed by atoms with Crippen LogP contribution in [0, 0.1) is 0 Å². The van der Waals surface area contributed by atoms with Gasteiger partial charge in [-0.25, -0.2) is 4.79 Å². The summed E-state index contributed by atoms with van der Waals surface area (Å²) in [4.78, 5) is 35.5. The molecule has 0 heterocycles. The fourth-order valence-corrected chi connectivity index (χ4v) is 1.66. The summed E-state index contributed by atoms with van der Waals surface area (Å²) in [6.45, 7) is 2.53. The summed E-state index contributed by atoms with van der Waals surface area (Å²) in [5, 5.41) is 9.19. The lowest BCUT2D eigenvalue weighted by atomic mass is 10.0. The third kappa shape index (κ3) is 4.12. The van der Waals surface area contributed by atoms with Gasteiger partial charge in [-0.3, -0.25) is 9.59 Å². The van der Waals surface area contributed by atoms with E-state index in [-0.39, 0.29) is 23.7 Å². The van der Waals surface area contributed by atoms with Crippen molar-refractivity contribution in [1.29, 1.82) is 0 Å². The molecule has 8 heteroatoms. The third-order valence-corrected chi connectivity index (χ3v) is 3.45. The number of nitrogens with two attached hydrogens (primary N) is 1. The van der Waals surface area contributed by atoms with Crippen molar-refractivity contribution in [3.8, 4) is 11.5 Å². The van der Waals surface area contributed by atoms with Crippen LogP contribution in [0.1, 0.15) is 24.2 Å². The number of aliphatic carboxylic acids is 1. The molecule has 0 spiro atoms. The van der Waals surface area contributed by atoms with Crippen LogP contribution >= 0.6 is 0 Å². The van der Waals surface area contributed by atoms with Crippen LogP contribution in [0.15, 0.2) is 18.2 Å². The van der Waals surface area contributed by atoms with Gasteiger partial charge in [0.25, 0.3) is 11.8 Å². The molecule has 1 aromatic carbocycles. The van der Waals surface area contributed by atoms with E-state index in [4.69, 9.17) is 15.2 Å². The number of benzene rings is 1. The average Bonchev–Trinajstić information content (AvgIpc) is 2.50. The van der Waals surface area contributed by atoms with Crippen LogP contribution in [0.3, 0.4) is 0 Å². The first-order valence-corrected chi connectivity index (χ1v) is 6.72. The Labute approximate surface area is 133 Å². The fourth-order valence-electron chi connectivity index (χ4n) is 1.66. The van der Waals surface area contributed by atoms with Crippen molar-refractivity contribution in [2.75, 3.05) is 20.8 Å². The normalized spacial score (nSPS) is 10.8. The van der Waals surface area contributed by atoms with E-state index < -0.39 is 23.3 Å². The Morgan fingerprint density at radius 1 is 1.26 bits per heavy atom. The maximum Gasteiger partial charge on any atom is 0.329 e. The first-order chi connectivity index (χ1) is 10.6. The van der Waals surface area contributed by atoms with Gasteiger partial charge in [0.2, 0.25) is 0 Å². The molecule has 0 unspecified atom stereocenters. The smallest absolute Gasteiger partial charge is 0.329 e. The Morgan fingerprint density at radius 2 is 1.87 bits per heavy atom.